The van der Waals surface area contributed by atoms with E-state index in [0.717, 1.165) is 18.6 Å². The van der Waals surface area contributed by atoms with Gasteiger partial charge in [0.2, 0.25) is 0 Å². The molecule has 0 amide bonds. The lowest BCUT2D eigenvalue weighted by Crippen LogP contribution is -2.17. The van der Waals surface area contributed by atoms with Gasteiger partial charge >= 0.3 is 0 Å². The molecule has 1 aromatic carbocycles. The van der Waals surface area contributed by atoms with E-state index in [1.54, 1.807) is 0 Å². The Labute approximate surface area is 116 Å². The van der Waals surface area contributed by atoms with Gasteiger partial charge in [-0.3, -0.25) is 0 Å². The van der Waals surface area contributed by atoms with Crippen molar-refractivity contribution in [2.24, 2.45) is 0 Å². The zero-order chi connectivity index (χ0) is 13.1. The maximum absolute atomic E-state index is 13.4. The van der Waals surface area contributed by atoms with E-state index in [-0.39, 0.29) is 5.02 Å². The average molecular weight is 289 g/mol. The van der Waals surface area contributed by atoms with Crippen LogP contribution in [0.5, 0.6) is 0 Å². The molecule has 0 aromatic heterocycles. The summed E-state index contributed by atoms with van der Waals surface area (Å²) in [5, 5.41) is 4.12. The SMILES string of the molecule is CCSC1CCC(Nc2cc(F)c(Cl)cc2N)C1. The zero-order valence-electron chi connectivity index (χ0n) is 10.4. The lowest BCUT2D eigenvalue weighted by Gasteiger charge is -2.16. The van der Waals surface area contributed by atoms with Gasteiger partial charge in [-0.1, -0.05) is 18.5 Å². The molecule has 0 heterocycles. The number of hydrogen-bond donors (Lipinski definition) is 2. The summed E-state index contributed by atoms with van der Waals surface area (Å²) < 4.78 is 13.4. The van der Waals surface area contributed by atoms with Gasteiger partial charge < -0.3 is 11.1 Å². The summed E-state index contributed by atoms with van der Waals surface area (Å²) in [7, 11) is 0. The molecule has 0 saturated heterocycles. The van der Waals surface area contributed by atoms with Gasteiger partial charge in [0.15, 0.2) is 0 Å². The van der Waals surface area contributed by atoms with Gasteiger partial charge in [-0.2, -0.15) is 11.8 Å². The first-order chi connectivity index (χ1) is 8.60. The Balaban J connectivity index is 2.00. The van der Waals surface area contributed by atoms with Crippen LogP contribution in [-0.4, -0.2) is 17.0 Å². The van der Waals surface area contributed by atoms with Crippen LogP contribution in [-0.2, 0) is 0 Å². The molecule has 1 aliphatic carbocycles. The third kappa shape index (κ3) is 3.23. The van der Waals surface area contributed by atoms with E-state index < -0.39 is 5.82 Å². The molecule has 1 aromatic rings. The van der Waals surface area contributed by atoms with Crippen LogP contribution in [0.4, 0.5) is 15.8 Å². The minimum Gasteiger partial charge on any atom is -0.397 e. The molecule has 2 atom stereocenters. The molecule has 0 spiro atoms. The maximum Gasteiger partial charge on any atom is 0.143 e. The third-order valence-corrected chi connectivity index (χ3v) is 4.76. The van der Waals surface area contributed by atoms with Crippen molar-refractivity contribution >= 4 is 34.7 Å². The number of nitrogens with two attached hydrogens (primary N) is 1. The minimum absolute atomic E-state index is 0.0730. The maximum atomic E-state index is 13.4. The summed E-state index contributed by atoms with van der Waals surface area (Å²) in [4.78, 5) is 0. The number of rotatable bonds is 4. The number of halogens is 2. The molecule has 1 saturated carbocycles. The summed E-state index contributed by atoms with van der Waals surface area (Å²) in [5.74, 6) is 0.723. The van der Waals surface area contributed by atoms with Crippen LogP contribution in [0.15, 0.2) is 12.1 Å². The highest BCUT2D eigenvalue weighted by Gasteiger charge is 2.24. The van der Waals surface area contributed by atoms with E-state index in [9.17, 15) is 4.39 Å². The van der Waals surface area contributed by atoms with Crippen LogP contribution in [0.25, 0.3) is 0 Å². The van der Waals surface area contributed by atoms with Crippen molar-refractivity contribution in [2.75, 3.05) is 16.8 Å². The van der Waals surface area contributed by atoms with Crippen LogP contribution in [0, 0.1) is 5.82 Å². The Bertz CT molecular complexity index is 428. The molecule has 2 nitrogen and oxygen atoms in total. The predicted octanol–water partition coefficient (Wildman–Crippen LogP) is 4.15. The first-order valence-corrected chi connectivity index (χ1v) is 7.65. The molecule has 2 unspecified atom stereocenters. The van der Waals surface area contributed by atoms with Crippen LogP contribution < -0.4 is 11.1 Å². The number of anilines is 2. The van der Waals surface area contributed by atoms with Crippen LogP contribution in [0.2, 0.25) is 5.02 Å². The highest BCUT2D eigenvalue weighted by Crippen LogP contribution is 2.33. The molecule has 1 fully saturated rings. The van der Waals surface area contributed by atoms with Gasteiger partial charge in [0.05, 0.1) is 16.4 Å². The fourth-order valence-electron chi connectivity index (χ4n) is 2.37. The molecule has 100 valence electrons. The highest BCUT2D eigenvalue weighted by atomic mass is 35.5. The summed E-state index contributed by atoms with van der Waals surface area (Å²) >= 11 is 7.68. The average Bonchev–Trinajstić information content (AvgIpc) is 2.74. The smallest absolute Gasteiger partial charge is 0.143 e. The number of nitrogens with one attached hydrogen (secondary N) is 1. The Kier molecular flexibility index (Phi) is 4.62. The van der Waals surface area contributed by atoms with Gasteiger partial charge in [0.25, 0.3) is 0 Å². The monoisotopic (exact) mass is 288 g/mol. The predicted molar refractivity (Wildman–Crippen MR) is 79.0 cm³/mol. The topological polar surface area (TPSA) is 38.0 Å². The molecular formula is C13H18ClFN2S. The number of benzene rings is 1. The fourth-order valence-corrected chi connectivity index (χ4v) is 3.68. The Hall–Kier alpha value is -0.610. The molecule has 5 heteroatoms. The lowest BCUT2D eigenvalue weighted by atomic mass is 10.2. The summed E-state index contributed by atoms with van der Waals surface area (Å²) in [6.07, 6.45) is 3.44. The summed E-state index contributed by atoms with van der Waals surface area (Å²) in [6, 6.07) is 3.24. The first kappa shape index (κ1) is 13.8. The second-order valence-electron chi connectivity index (χ2n) is 4.59. The highest BCUT2D eigenvalue weighted by molar-refractivity contribution is 7.99. The van der Waals surface area contributed by atoms with Crippen LogP contribution in [0.3, 0.4) is 0 Å². The Morgan fingerprint density at radius 1 is 1.50 bits per heavy atom. The van der Waals surface area contributed by atoms with Gasteiger partial charge in [0.1, 0.15) is 5.82 Å². The van der Waals surface area contributed by atoms with Gasteiger partial charge in [-0.15, -0.1) is 0 Å². The second-order valence-corrected chi connectivity index (χ2v) is 6.57. The van der Waals surface area contributed by atoms with Gasteiger partial charge in [-0.25, -0.2) is 4.39 Å². The third-order valence-electron chi connectivity index (χ3n) is 3.24. The van der Waals surface area contributed by atoms with Crippen molar-refractivity contribution in [3.8, 4) is 0 Å². The van der Waals surface area contributed by atoms with Gasteiger partial charge in [0, 0.05) is 17.4 Å². The van der Waals surface area contributed by atoms with Crippen molar-refractivity contribution < 1.29 is 4.39 Å². The van der Waals surface area contributed by atoms with Crippen molar-refractivity contribution in [3.63, 3.8) is 0 Å². The van der Waals surface area contributed by atoms with Gasteiger partial charge in [-0.05, 0) is 31.1 Å². The molecule has 2 rings (SSSR count). The number of thioether (sulfide) groups is 1. The second kappa shape index (κ2) is 6.02. The first-order valence-electron chi connectivity index (χ1n) is 6.22. The molecule has 3 N–H and O–H groups in total. The summed E-state index contributed by atoms with van der Waals surface area (Å²) in [6.45, 7) is 2.18. The molecule has 18 heavy (non-hydrogen) atoms. The van der Waals surface area contributed by atoms with Crippen molar-refractivity contribution in [3.05, 3.63) is 23.0 Å². The minimum atomic E-state index is -0.425. The standard InChI is InChI=1S/C13H18ClFN2S/c1-2-18-9-4-3-8(5-9)17-13-7-11(15)10(14)6-12(13)16/h6-9,17H,2-5,16H2,1H3. The van der Waals surface area contributed by atoms with Crippen LogP contribution >= 0.6 is 23.4 Å². The normalized spacial score (nSPS) is 23.3. The molecular weight excluding hydrogens is 271 g/mol. The number of nitrogen functional groups attached to an aromatic ring is 1. The van der Waals surface area contributed by atoms with E-state index in [2.05, 4.69) is 12.2 Å². The number of hydrogen-bond acceptors (Lipinski definition) is 3. The van der Waals surface area contributed by atoms with Crippen molar-refractivity contribution in [1.29, 1.82) is 0 Å². The quantitative estimate of drug-likeness (QED) is 0.818. The summed E-state index contributed by atoms with van der Waals surface area (Å²) in [5.41, 5.74) is 7.01. The Morgan fingerprint density at radius 3 is 3.00 bits per heavy atom. The molecule has 1 aliphatic rings. The van der Waals surface area contributed by atoms with E-state index in [0.29, 0.717) is 22.7 Å². The fraction of sp³-hybridized carbons (Fsp3) is 0.538. The lowest BCUT2D eigenvalue weighted by molar-refractivity contribution is 0.628. The van der Waals surface area contributed by atoms with E-state index in [1.165, 1.54) is 18.6 Å². The molecule has 0 radical (unpaired) electrons. The Morgan fingerprint density at radius 2 is 2.28 bits per heavy atom. The molecule has 0 bridgehead atoms. The van der Waals surface area contributed by atoms with E-state index in [4.69, 9.17) is 17.3 Å². The van der Waals surface area contributed by atoms with Crippen molar-refractivity contribution in [2.45, 2.75) is 37.5 Å². The van der Waals surface area contributed by atoms with E-state index >= 15 is 0 Å². The zero-order valence-corrected chi connectivity index (χ0v) is 12.0. The molecule has 0 aliphatic heterocycles. The van der Waals surface area contributed by atoms with Crippen molar-refractivity contribution in [1.82, 2.24) is 0 Å². The van der Waals surface area contributed by atoms with E-state index in [1.807, 2.05) is 11.8 Å². The largest absolute Gasteiger partial charge is 0.397 e. The van der Waals surface area contributed by atoms with Crippen LogP contribution in [0.1, 0.15) is 26.2 Å².